The molecule has 0 aromatic heterocycles. The number of nitrogens with one attached hydrogen (secondary N) is 1. The van der Waals surface area contributed by atoms with Gasteiger partial charge in [-0.05, 0) is 24.6 Å². The molecule has 1 aromatic carbocycles. The van der Waals surface area contributed by atoms with Gasteiger partial charge in [-0.25, -0.2) is 4.39 Å². The third-order valence-corrected chi connectivity index (χ3v) is 2.95. The van der Waals surface area contributed by atoms with Crippen LogP contribution in [0, 0.1) is 23.1 Å². The van der Waals surface area contributed by atoms with E-state index in [0.717, 1.165) is 13.0 Å². The number of halogens is 1. The van der Waals surface area contributed by atoms with E-state index in [1.807, 2.05) is 6.07 Å². The molecule has 1 N–H and O–H groups in total. The van der Waals surface area contributed by atoms with Crippen LogP contribution in [0.5, 0.6) is 0 Å². The van der Waals surface area contributed by atoms with Crippen molar-refractivity contribution in [1.29, 1.82) is 5.26 Å². The molecule has 1 aromatic rings. The highest BCUT2D eigenvalue weighted by atomic mass is 19.1. The lowest BCUT2D eigenvalue weighted by Crippen LogP contribution is -2.34. The molecule has 15 heavy (non-hydrogen) atoms. The lowest BCUT2D eigenvalue weighted by atomic mass is 9.82. The smallest absolute Gasteiger partial charge is 0.126 e. The number of nitrogens with zero attached hydrogens (tertiary/aromatic N) is 1. The van der Waals surface area contributed by atoms with Crippen molar-refractivity contribution < 1.29 is 4.39 Å². The van der Waals surface area contributed by atoms with Crippen LogP contribution >= 0.6 is 0 Å². The van der Waals surface area contributed by atoms with Crippen LogP contribution in [0.2, 0.25) is 0 Å². The van der Waals surface area contributed by atoms with Gasteiger partial charge < -0.3 is 5.32 Å². The molecule has 2 unspecified atom stereocenters. The number of benzene rings is 1. The standard InChI is InChI=1S/C12H13FN2/c13-12-4-2-1-3-10(12)11-8-15-6-5-9(11)7-14/h1-4,9,11,15H,5-6,8H2. The van der Waals surface area contributed by atoms with Gasteiger partial charge in [0.05, 0.1) is 12.0 Å². The molecule has 2 nitrogen and oxygen atoms in total. The normalized spacial score (nSPS) is 25.9. The van der Waals surface area contributed by atoms with Crippen LogP contribution in [0.1, 0.15) is 17.9 Å². The van der Waals surface area contributed by atoms with E-state index in [2.05, 4.69) is 11.4 Å². The highest BCUT2D eigenvalue weighted by Crippen LogP contribution is 2.30. The van der Waals surface area contributed by atoms with Crippen LogP contribution < -0.4 is 5.32 Å². The van der Waals surface area contributed by atoms with E-state index in [4.69, 9.17) is 5.26 Å². The molecule has 1 aliphatic heterocycles. The molecule has 0 amide bonds. The highest BCUT2D eigenvalue weighted by Gasteiger charge is 2.27. The highest BCUT2D eigenvalue weighted by molar-refractivity contribution is 5.25. The summed E-state index contributed by atoms with van der Waals surface area (Å²) in [4.78, 5) is 0. The predicted molar refractivity (Wildman–Crippen MR) is 55.7 cm³/mol. The predicted octanol–water partition coefficient (Wildman–Crippen LogP) is 2.04. The first-order valence-corrected chi connectivity index (χ1v) is 5.17. The monoisotopic (exact) mass is 204 g/mol. The molecular formula is C12H13FN2. The fraction of sp³-hybridized carbons (Fsp3) is 0.417. The molecule has 2 atom stereocenters. The van der Waals surface area contributed by atoms with Crippen LogP contribution in [0.4, 0.5) is 4.39 Å². The minimum absolute atomic E-state index is 0.00931. The largest absolute Gasteiger partial charge is 0.316 e. The Morgan fingerprint density at radius 2 is 2.20 bits per heavy atom. The minimum atomic E-state index is -0.202. The van der Waals surface area contributed by atoms with Gasteiger partial charge >= 0.3 is 0 Å². The molecule has 3 heteroatoms. The molecule has 1 fully saturated rings. The third kappa shape index (κ3) is 2.00. The van der Waals surface area contributed by atoms with Gasteiger partial charge in [0.1, 0.15) is 5.82 Å². The molecule has 0 saturated carbocycles. The van der Waals surface area contributed by atoms with Crippen molar-refractivity contribution in [3.05, 3.63) is 35.6 Å². The first-order valence-electron chi connectivity index (χ1n) is 5.17. The van der Waals surface area contributed by atoms with Crippen molar-refractivity contribution in [2.24, 2.45) is 5.92 Å². The molecule has 1 saturated heterocycles. The average molecular weight is 204 g/mol. The fourth-order valence-electron chi connectivity index (χ4n) is 2.12. The van der Waals surface area contributed by atoms with Crippen LogP contribution in [-0.2, 0) is 0 Å². The van der Waals surface area contributed by atoms with E-state index in [1.54, 1.807) is 12.1 Å². The van der Waals surface area contributed by atoms with Gasteiger partial charge in [-0.2, -0.15) is 5.26 Å². The Hall–Kier alpha value is -1.40. The molecule has 0 bridgehead atoms. The molecular weight excluding hydrogens is 191 g/mol. The Balaban J connectivity index is 2.29. The summed E-state index contributed by atoms with van der Waals surface area (Å²) in [6, 6.07) is 9.00. The molecule has 0 aliphatic carbocycles. The van der Waals surface area contributed by atoms with Gasteiger partial charge in [-0.1, -0.05) is 18.2 Å². The van der Waals surface area contributed by atoms with Crippen LogP contribution in [0.15, 0.2) is 24.3 Å². The Morgan fingerprint density at radius 3 is 2.93 bits per heavy atom. The maximum Gasteiger partial charge on any atom is 0.126 e. The van der Waals surface area contributed by atoms with E-state index in [1.165, 1.54) is 6.07 Å². The van der Waals surface area contributed by atoms with Gasteiger partial charge in [0.25, 0.3) is 0 Å². The summed E-state index contributed by atoms with van der Waals surface area (Å²) in [5.41, 5.74) is 0.663. The van der Waals surface area contributed by atoms with Gasteiger partial charge in [-0.15, -0.1) is 0 Å². The van der Waals surface area contributed by atoms with E-state index in [0.29, 0.717) is 12.1 Å². The minimum Gasteiger partial charge on any atom is -0.316 e. The maximum absolute atomic E-state index is 13.5. The summed E-state index contributed by atoms with van der Waals surface area (Å²) >= 11 is 0. The summed E-state index contributed by atoms with van der Waals surface area (Å²) in [5.74, 6) is -0.278. The van der Waals surface area contributed by atoms with E-state index in [-0.39, 0.29) is 17.7 Å². The third-order valence-electron chi connectivity index (χ3n) is 2.95. The first kappa shape index (κ1) is 10.1. The van der Waals surface area contributed by atoms with Gasteiger partial charge in [-0.3, -0.25) is 0 Å². The number of rotatable bonds is 1. The summed E-state index contributed by atoms with van der Waals surface area (Å²) in [6.45, 7) is 1.54. The van der Waals surface area contributed by atoms with Crippen LogP contribution in [-0.4, -0.2) is 13.1 Å². The fourth-order valence-corrected chi connectivity index (χ4v) is 2.12. The molecule has 1 aliphatic rings. The Bertz CT molecular complexity index is 383. The SMILES string of the molecule is N#CC1CCNCC1c1ccccc1F. The number of piperidine rings is 1. The first-order chi connectivity index (χ1) is 7.33. The molecule has 0 spiro atoms. The van der Waals surface area contributed by atoms with Crippen LogP contribution in [0.3, 0.4) is 0 Å². The zero-order valence-electron chi connectivity index (χ0n) is 8.41. The van der Waals surface area contributed by atoms with Gasteiger partial charge in [0.15, 0.2) is 0 Å². The van der Waals surface area contributed by atoms with Crippen molar-refractivity contribution in [1.82, 2.24) is 5.32 Å². The van der Waals surface area contributed by atoms with E-state index < -0.39 is 0 Å². The second-order valence-corrected chi connectivity index (χ2v) is 3.86. The Labute approximate surface area is 88.7 Å². The van der Waals surface area contributed by atoms with Crippen molar-refractivity contribution in [2.75, 3.05) is 13.1 Å². The second kappa shape index (κ2) is 4.41. The zero-order chi connectivity index (χ0) is 10.7. The quantitative estimate of drug-likeness (QED) is 0.759. The van der Waals surface area contributed by atoms with Crippen molar-refractivity contribution >= 4 is 0 Å². The van der Waals surface area contributed by atoms with Crippen molar-refractivity contribution in [2.45, 2.75) is 12.3 Å². The number of hydrogen-bond donors (Lipinski definition) is 1. The van der Waals surface area contributed by atoms with E-state index in [9.17, 15) is 4.39 Å². The Kier molecular flexibility index (Phi) is 2.98. The summed E-state index contributed by atoms with van der Waals surface area (Å²) < 4.78 is 13.5. The second-order valence-electron chi connectivity index (χ2n) is 3.86. The summed E-state index contributed by atoms with van der Waals surface area (Å²) in [6.07, 6.45) is 0.801. The molecule has 0 radical (unpaired) electrons. The summed E-state index contributed by atoms with van der Waals surface area (Å²) in [5, 5.41) is 12.2. The molecule has 78 valence electrons. The molecule has 2 rings (SSSR count). The van der Waals surface area contributed by atoms with Gasteiger partial charge in [0, 0.05) is 12.5 Å². The van der Waals surface area contributed by atoms with Gasteiger partial charge in [0.2, 0.25) is 0 Å². The average Bonchev–Trinajstić information content (AvgIpc) is 2.30. The number of nitriles is 1. The van der Waals surface area contributed by atoms with Crippen LogP contribution in [0.25, 0.3) is 0 Å². The summed E-state index contributed by atoms with van der Waals surface area (Å²) in [7, 11) is 0. The zero-order valence-corrected chi connectivity index (χ0v) is 8.41. The lowest BCUT2D eigenvalue weighted by molar-refractivity contribution is 0.378. The van der Waals surface area contributed by atoms with E-state index >= 15 is 0 Å². The maximum atomic E-state index is 13.5. The van der Waals surface area contributed by atoms with Crippen molar-refractivity contribution in [3.8, 4) is 6.07 Å². The lowest BCUT2D eigenvalue weighted by Gasteiger charge is -2.28. The molecule has 1 heterocycles. The topological polar surface area (TPSA) is 35.8 Å². The van der Waals surface area contributed by atoms with Crippen molar-refractivity contribution in [3.63, 3.8) is 0 Å². The Morgan fingerprint density at radius 1 is 1.40 bits per heavy atom. The number of hydrogen-bond acceptors (Lipinski definition) is 2.